The highest BCUT2D eigenvalue weighted by Gasteiger charge is 2.27. The molecule has 0 bridgehead atoms. The zero-order chi connectivity index (χ0) is 9.47. The molecule has 1 N–H and O–H groups in total. The first-order valence-electron chi connectivity index (χ1n) is 4.60. The lowest BCUT2D eigenvalue weighted by molar-refractivity contribution is 0.469. The highest BCUT2D eigenvalue weighted by atomic mass is 16.3. The van der Waals surface area contributed by atoms with Crippen LogP contribution in [0.4, 0.5) is 0 Å². The SMILES string of the molecule is CC1(C)CC=C(O)c2ccccc21. The fraction of sp³-hybridized carbons (Fsp3) is 0.333. The molecule has 0 amide bonds. The quantitative estimate of drug-likeness (QED) is 0.640. The monoisotopic (exact) mass is 174 g/mol. The minimum Gasteiger partial charge on any atom is -0.508 e. The minimum absolute atomic E-state index is 0.156. The van der Waals surface area contributed by atoms with E-state index in [0.29, 0.717) is 5.76 Å². The minimum atomic E-state index is 0.156. The van der Waals surface area contributed by atoms with Gasteiger partial charge in [-0.25, -0.2) is 0 Å². The van der Waals surface area contributed by atoms with Gasteiger partial charge >= 0.3 is 0 Å². The maximum atomic E-state index is 9.65. The lowest BCUT2D eigenvalue weighted by Crippen LogP contribution is -2.21. The fourth-order valence-corrected chi connectivity index (χ4v) is 1.87. The van der Waals surface area contributed by atoms with Crippen LogP contribution in [0, 0.1) is 0 Å². The molecule has 1 aromatic carbocycles. The summed E-state index contributed by atoms with van der Waals surface area (Å²) in [5, 5.41) is 9.65. The maximum absolute atomic E-state index is 9.65. The summed E-state index contributed by atoms with van der Waals surface area (Å²) >= 11 is 0. The molecule has 1 heteroatoms. The van der Waals surface area contributed by atoms with Crippen LogP contribution in [-0.2, 0) is 5.41 Å². The molecule has 68 valence electrons. The summed E-state index contributed by atoms with van der Waals surface area (Å²) in [6.45, 7) is 4.41. The van der Waals surface area contributed by atoms with E-state index < -0.39 is 0 Å². The van der Waals surface area contributed by atoms with Crippen LogP contribution < -0.4 is 0 Å². The molecule has 1 aromatic rings. The number of aliphatic hydroxyl groups is 1. The molecule has 0 unspecified atom stereocenters. The third-order valence-corrected chi connectivity index (χ3v) is 2.74. The Morgan fingerprint density at radius 1 is 1.23 bits per heavy atom. The van der Waals surface area contributed by atoms with Crippen molar-refractivity contribution < 1.29 is 5.11 Å². The second kappa shape index (κ2) is 2.63. The zero-order valence-corrected chi connectivity index (χ0v) is 8.04. The van der Waals surface area contributed by atoms with Gasteiger partial charge in [-0.2, -0.15) is 0 Å². The molecule has 1 nitrogen and oxygen atoms in total. The molecule has 0 radical (unpaired) electrons. The Morgan fingerprint density at radius 2 is 1.92 bits per heavy atom. The van der Waals surface area contributed by atoms with Crippen LogP contribution >= 0.6 is 0 Å². The summed E-state index contributed by atoms with van der Waals surface area (Å²) in [6.07, 6.45) is 2.82. The van der Waals surface area contributed by atoms with Gasteiger partial charge in [-0.3, -0.25) is 0 Å². The van der Waals surface area contributed by atoms with Gasteiger partial charge in [-0.15, -0.1) is 0 Å². The Kier molecular flexibility index (Phi) is 1.69. The van der Waals surface area contributed by atoms with E-state index in [1.807, 2.05) is 24.3 Å². The first kappa shape index (κ1) is 8.36. The molecule has 0 aliphatic heterocycles. The van der Waals surface area contributed by atoms with Crippen molar-refractivity contribution >= 4 is 5.76 Å². The van der Waals surface area contributed by atoms with Crippen LogP contribution in [-0.4, -0.2) is 5.11 Å². The summed E-state index contributed by atoms with van der Waals surface area (Å²) in [5.74, 6) is 0.426. The first-order valence-corrected chi connectivity index (χ1v) is 4.60. The van der Waals surface area contributed by atoms with Gasteiger partial charge in [0, 0.05) is 5.56 Å². The maximum Gasteiger partial charge on any atom is 0.119 e. The van der Waals surface area contributed by atoms with Crippen molar-refractivity contribution in [1.29, 1.82) is 0 Å². The van der Waals surface area contributed by atoms with Crippen molar-refractivity contribution in [2.24, 2.45) is 0 Å². The van der Waals surface area contributed by atoms with E-state index in [2.05, 4.69) is 19.9 Å². The predicted octanol–water partition coefficient (Wildman–Crippen LogP) is 3.27. The van der Waals surface area contributed by atoms with E-state index in [-0.39, 0.29) is 5.41 Å². The van der Waals surface area contributed by atoms with Crippen LogP contribution in [0.15, 0.2) is 30.3 Å². The fourth-order valence-electron chi connectivity index (χ4n) is 1.87. The average molecular weight is 174 g/mol. The van der Waals surface area contributed by atoms with Gasteiger partial charge in [0.2, 0.25) is 0 Å². The van der Waals surface area contributed by atoms with Gasteiger partial charge in [-0.1, -0.05) is 38.1 Å². The standard InChI is InChI=1S/C12H14O/c1-12(2)8-7-11(13)9-5-3-4-6-10(9)12/h3-7,13H,8H2,1-2H3. The molecule has 1 aliphatic rings. The molecule has 2 rings (SSSR count). The summed E-state index contributed by atoms with van der Waals surface area (Å²) < 4.78 is 0. The number of hydrogen-bond acceptors (Lipinski definition) is 1. The molecular weight excluding hydrogens is 160 g/mol. The molecule has 13 heavy (non-hydrogen) atoms. The molecule has 1 aliphatic carbocycles. The third kappa shape index (κ3) is 1.24. The Morgan fingerprint density at radius 3 is 2.62 bits per heavy atom. The molecular formula is C12H14O. The highest BCUT2D eigenvalue weighted by molar-refractivity contribution is 5.65. The van der Waals surface area contributed by atoms with E-state index in [9.17, 15) is 5.11 Å². The lowest BCUT2D eigenvalue weighted by atomic mass is 9.75. The predicted molar refractivity (Wildman–Crippen MR) is 54.7 cm³/mol. The molecule has 0 saturated carbocycles. The Labute approximate surface area is 78.7 Å². The van der Waals surface area contributed by atoms with Crippen molar-refractivity contribution in [1.82, 2.24) is 0 Å². The van der Waals surface area contributed by atoms with Crippen LogP contribution in [0.3, 0.4) is 0 Å². The lowest BCUT2D eigenvalue weighted by Gasteiger charge is -2.30. The smallest absolute Gasteiger partial charge is 0.119 e. The largest absolute Gasteiger partial charge is 0.508 e. The van der Waals surface area contributed by atoms with Gasteiger partial charge in [0.25, 0.3) is 0 Å². The van der Waals surface area contributed by atoms with Gasteiger partial charge in [0.1, 0.15) is 5.76 Å². The molecule has 0 fully saturated rings. The normalized spacial score (nSPS) is 19.1. The molecule has 0 spiro atoms. The van der Waals surface area contributed by atoms with Crippen molar-refractivity contribution in [3.8, 4) is 0 Å². The summed E-state index contributed by atoms with van der Waals surface area (Å²) in [6, 6.07) is 8.06. The number of fused-ring (bicyclic) bond motifs is 1. The van der Waals surface area contributed by atoms with E-state index in [4.69, 9.17) is 0 Å². The second-order valence-electron chi connectivity index (χ2n) is 4.22. The molecule has 0 aromatic heterocycles. The molecule has 0 atom stereocenters. The van der Waals surface area contributed by atoms with Gasteiger partial charge < -0.3 is 5.11 Å². The number of benzene rings is 1. The summed E-state index contributed by atoms with van der Waals surface area (Å²) in [4.78, 5) is 0. The zero-order valence-electron chi connectivity index (χ0n) is 8.04. The van der Waals surface area contributed by atoms with Gasteiger partial charge in [-0.05, 0) is 23.5 Å². The second-order valence-corrected chi connectivity index (χ2v) is 4.22. The van der Waals surface area contributed by atoms with Crippen LogP contribution in [0.2, 0.25) is 0 Å². The van der Waals surface area contributed by atoms with Crippen molar-refractivity contribution in [3.05, 3.63) is 41.5 Å². The van der Waals surface area contributed by atoms with Crippen LogP contribution in [0.25, 0.3) is 5.76 Å². The van der Waals surface area contributed by atoms with Gasteiger partial charge in [0.15, 0.2) is 0 Å². The molecule has 0 saturated heterocycles. The number of allylic oxidation sites excluding steroid dienone is 1. The number of rotatable bonds is 0. The Hall–Kier alpha value is -1.24. The highest BCUT2D eigenvalue weighted by Crippen LogP contribution is 2.37. The molecule has 0 heterocycles. The van der Waals surface area contributed by atoms with E-state index in [0.717, 1.165) is 12.0 Å². The van der Waals surface area contributed by atoms with Crippen molar-refractivity contribution in [2.75, 3.05) is 0 Å². The van der Waals surface area contributed by atoms with E-state index in [1.165, 1.54) is 5.56 Å². The average Bonchev–Trinajstić information content (AvgIpc) is 2.13. The van der Waals surface area contributed by atoms with Crippen molar-refractivity contribution in [2.45, 2.75) is 25.7 Å². The Bertz CT molecular complexity index is 361. The summed E-state index contributed by atoms with van der Waals surface area (Å²) in [5.41, 5.74) is 2.39. The number of aliphatic hydroxyl groups excluding tert-OH is 1. The van der Waals surface area contributed by atoms with Crippen LogP contribution in [0.5, 0.6) is 0 Å². The first-order chi connectivity index (χ1) is 6.11. The topological polar surface area (TPSA) is 20.2 Å². The number of hydrogen-bond donors (Lipinski definition) is 1. The van der Waals surface area contributed by atoms with E-state index >= 15 is 0 Å². The van der Waals surface area contributed by atoms with Gasteiger partial charge in [0.05, 0.1) is 0 Å². The van der Waals surface area contributed by atoms with E-state index in [1.54, 1.807) is 0 Å². The Balaban J connectivity index is 2.64. The summed E-state index contributed by atoms with van der Waals surface area (Å²) in [7, 11) is 0. The van der Waals surface area contributed by atoms with Crippen molar-refractivity contribution in [3.63, 3.8) is 0 Å². The third-order valence-electron chi connectivity index (χ3n) is 2.74. The van der Waals surface area contributed by atoms with Crippen LogP contribution in [0.1, 0.15) is 31.4 Å².